The number of halogens is 1. The van der Waals surface area contributed by atoms with Gasteiger partial charge < -0.3 is 15.5 Å². The summed E-state index contributed by atoms with van der Waals surface area (Å²) >= 11 is 6.78. The van der Waals surface area contributed by atoms with Gasteiger partial charge in [-0.15, -0.1) is 11.3 Å². The van der Waals surface area contributed by atoms with E-state index in [0.717, 1.165) is 11.3 Å². The number of hydrogen-bond donors (Lipinski definition) is 3. The van der Waals surface area contributed by atoms with Crippen LogP contribution >= 0.6 is 22.9 Å². The van der Waals surface area contributed by atoms with E-state index >= 15 is 0 Å². The average Bonchev–Trinajstić information content (AvgIpc) is 2.60. The molecule has 0 fully saturated rings. The number of aliphatic hydroxyl groups is 1. The van der Waals surface area contributed by atoms with Gasteiger partial charge in [0.15, 0.2) is 6.04 Å². The Morgan fingerprint density at radius 3 is 2.67 bits per heavy atom. The minimum atomic E-state index is -1.31. The number of aliphatic hydroxyl groups excluding tert-OH is 1. The van der Waals surface area contributed by atoms with Crippen molar-refractivity contribution in [3.63, 3.8) is 0 Å². The Balaban J connectivity index is 2.71. The Morgan fingerprint density at radius 2 is 2.27 bits per heavy atom. The lowest BCUT2D eigenvalue weighted by molar-refractivity contribution is -0.140. The summed E-state index contributed by atoms with van der Waals surface area (Å²) in [5.41, 5.74) is 0. The standard InChI is InChI=1S/C8H8ClNO4S/c9-4-1-2-15-6(4)7(12)10-5(3-11)8(13)14/h1-2,5,11H,3H2,(H,10,12)(H,13,14)/t5-/m1/s1. The van der Waals surface area contributed by atoms with Gasteiger partial charge in [0.2, 0.25) is 0 Å². The van der Waals surface area contributed by atoms with Crippen LogP contribution < -0.4 is 5.32 Å². The largest absolute Gasteiger partial charge is 0.480 e. The van der Waals surface area contributed by atoms with Gasteiger partial charge in [0.25, 0.3) is 5.91 Å². The summed E-state index contributed by atoms with van der Waals surface area (Å²) in [5, 5.41) is 21.3. The van der Waals surface area contributed by atoms with Crippen LogP contribution in [0.3, 0.4) is 0 Å². The molecule has 0 radical (unpaired) electrons. The van der Waals surface area contributed by atoms with E-state index < -0.39 is 24.5 Å². The average molecular weight is 250 g/mol. The van der Waals surface area contributed by atoms with Gasteiger partial charge in [-0.25, -0.2) is 4.79 Å². The van der Waals surface area contributed by atoms with Gasteiger partial charge in [0.05, 0.1) is 11.6 Å². The zero-order valence-electron chi connectivity index (χ0n) is 7.44. The maximum atomic E-state index is 11.4. The lowest BCUT2D eigenvalue weighted by Gasteiger charge is -2.10. The number of rotatable bonds is 4. The highest BCUT2D eigenvalue weighted by Gasteiger charge is 2.21. The molecule has 0 aromatic carbocycles. The lowest BCUT2D eigenvalue weighted by Crippen LogP contribution is -2.43. The first-order valence-corrected chi connectivity index (χ1v) is 5.19. The van der Waals surface area contributed by atoms with E-state index in [1.807, 2.05) is 0 Å². The highest BCUT2D eigenvalue weighted by atomic mass is 35.5. The van der Waals surface area contributed by atoms with Crippen LogP contribution in [0.1, 0.15) is 9.67 Å². The van der Waals surface area contributed by atoms with Crippen molar-refractivity contribution < 1.29 is 19.8 Å². The molecule has 1 amide bonds. The molecule has 0 saturated heterocycles. The van der Waals surface area contributed by atoms with Crippen molar-refractivity contribution in [2.24, 2.45) is 0 Å². The van der Waals surface area contributed by atoms with Crippen LogP contribution in [0.15, 0.2) is 11.4 Å². The zero-order valence-corrected chi connectivity index (χ0v) is 9.01. The Bertz CT molecular complexity index is 378. The summed E-state index contributed by atoms with van der Waals surface area (Å²) in [5.74, 6) is -1.89. The third-order valence-electron chi connectivity index (χ3n) is 1.61. The summed E-state index contributed by atoms with van der Waals surface area (Å²) in [6.45, 7) is -0.663. The molecule has 0 aliphatic carbocycles. The minimum Gasteiger partial charge on any atom is -0.480 e. The van der Waals surface area contributed by atoms with Gasteiger partial charge in [-0.1, -0.05) is 11.6 Å². The summed E-state index contributed by atoms with van der Waals surface area (Å²) in [6.07, 6.45) is 0. The Labute approximate surface area is 94.3 Å². The maximum absolute atomic E-state index is 11.4. The third kappa shape index (κ3) is 2.92. The third-order valence-corrected chi connectivity index (χ3v) is 2.95. The van der Waals surface area contributed by atoms with Crippen molar-refractivity contribution >= 4 is 34.8 Å². The fourth-order valence-electron chi connectivity index (χ4n) is 0.865. The Hall–Kier alpha value is -1.11. The molecule has 0 aliphatic rings. The Kier molecular flexibility index (Phi) is 4.07. The molecule has 1 aromatic heterocycles. The van der Waals surface area contributed by atoms with E-state index in [2.05, 4.69) is 5.32 Å². The van der Waals surface area contributed by atoms with Gasteiger partial charge in [0, 0.05) is 0 Å². The van der Waals surface area contributed by atoms with Crippen LogP contribution in [0, 0.1) is 0 Å². The second-order valence-corrected chi connectivity index (χ2v) is 3.97. The zero-order chi connectivity index (χ0) is 11.4. The van der Waals surface area contributed by atoms with E-state index in [9.17, 15) is 9.59 Å². The number of amides is 1. The minimum absolute atomic E-state index is 0.233. The summed E-state index contributed by atoms with van der Waals surface area (Å²) in [7, 11) is 0. The number of carbonyl (C=O) groups is 2. The molecular weight excluding hydrogens is 242 g/mol. The molecule has 1 heterocycles. The predicted molar refractivity (Wildman–Crippen MR) is 55.3 cm³/mol. The number of thiophene rings is 1. The number of aliphatic carboxylic acids is 1. The second kappa shape index (κ2) is 5.11. The first-order valence-electron chi connectivity index (χ1n) is 3.93. The molecule has 0 spiro atoms. The molecule has 1 aromatic rings. The maximum Gasteiger partial charge on any atom is 0.328 e. The molecule has 0 bridgehead atoms. The van der Waals surface area contributed by atoms with Crippen LogP contribution in [0.4, 0.5) is 0 Å². The quantitative estimate of drug-likeness (QED) is 0.728. The molecule has 0 unspecified atom stereocenters. The molecule has 3 N–H and O–H groups in total. The highest BCUT2D eigenvalue weighted by molar-refractivity contribution is 7.12. The van der Waals surface area contributed by atoms with Crippen LogP contribution in [-0.4, -0.2) is 34.7 Å². The monoisotopic (exact) mass is 249 g/mol. The SMILES string of the molecule is O=C(N[C@H](CO)C(=O)O)c1sccc1Cl. The van der Waals surface area contributed by atoms with Gasteiger partial charge in [-0.3, -0.25) is 4.79 Å². The van der Waals surface area contributed by atoms with Gasteiger partial charge in [-0.05, 0) is 11.4 Å². The van der Waals surface area contributed by atoms with Crippen molar-refractivity contribution in [3.05, 3.63) is 21.3 Å². The smallest absolute Gasteiger partial charge is 0.328 e. The molecule has 15 heavy (non-hydrogen) atoms. The van der Waals surface area contributed by atoms with Crippen LogP contribution in [0.5, 0.6) is 0 Å². The second-order valence-electron chi connectivity index (χ2n) is 2.64. The normalized spacial score (nSPS) is 12.1. The number of carbonyl (C=O) groups excluding carboxylic acids is 1. The number of carboxylic acid groups (broad SMARTS) is 1. The van der Waals surface area contributed by atoms with Crippen LogP contribution in [-0.2, 0) is 4.79 Å². The first-order chi connectivity index (χ1) is 7.06. The van der Waals surface area contributed by atoms with Crippen LogP contribution in [0.25, 0.3) is 0 Å². The van der Waals surface area contributed by atoms with Crippen molar-refractivity contribution in [2.45, 2.75) is 6.04 Å². The predicted octanol–water partition coefficient (Wildman–Crippen LogP) is 0.577. The van der Waals surface area contributed by atoms with Crippen molar-refractivity contribution in [2.75, 3.05) is 6.61 Å². The molecule has 1 atom stereocenters. The van der Waals surface area contributed by atoms with Crippen LogP contribution in [0.2, 0.25) is 5.02 Å². The fourth-order valence-corrected chi connectivity index (χ4v) is 1.91. The van der Waals surface area contributed by atoms with Gasteiger partial charge in [-0.2, -0.15) is 0 Å². The van der Waals surface area contributed by atoms with Crippen molar-refractivity contribution in [1.29, 1.82) is 0 Å². The molecule has 0 aliphatic heterocycles. The van der Waals surface area contributed by atoms with Gasteiger partial charge >= 0.3 is 5.97 Å². The topological polar surface area (TPSA) is 86.6 Å². The van der Waals surface area contributed by atoms with E-state index in [1.54, 1.807) is 5.38 Å². The number of carboxylic acids is 1. The van der Waals surface area contributed by atoms with E-state index in [0.29, 0.717) is 0 Å². The molecule has 0 saturated carbocycles. The molecule has 7 heteroatoms. The molecule has 5 nitrogen and oxygen atoms in total. The fraction of sp³-hybridized carbons (Fsp3) is 0.250. The van der Waals surface area contributed by atoms with Crippen molar-refractivity contribution in [1.82, 2.24) is 5.32 Å². The Morgan fingerprint density at radius 1 is 1.60 bits per heavy atom. The van der Waals surface area contributed by atoms with Gasteiger partial charge in [0.1, 0.15) is 4.88 Å². The molecule has 82 valence electrons. The summed E-state index contributed by atoms with van der Waals surface area (Å²) in [6, 6.07) is 0.228. The molecule has 1 rings (SSSR count). The number of hydrogen-bond acceptors (Lipinski definition) is 4. The van der Waals surface area contributed by atoms with E-state index in [-0.39, 0.29) is 9.90 Å². The summed E-state index contributed by atoms with van der Waals surface area (Å²) in [4.78, 5) is 22.2. The highest BCUT2D eigenvalue weighted by Crippen LogP contribution is 2.21. The first kappa shape index (κ1) is 12.0. The molecular formula is C8H8ClNO4S. The summed E-state index contributed by atoms with van der Waals surface area (Å²) < 4.78 is 0. The number of nitrogens with one attached hydrogen (secondary N) is 1. The van der Waals surface area contributed by atoms with E-state index in [1.165, 1.54) is 6.07 Å². The van der Waals surface area contributed by atoms with Crippen molar-refractivity contribution in [3.8, 4) is 0 Å². The lowest BCUT2D eigenvalue weighted by atomic mass is 10.3. The van der Waals surface area contributed by atoms with E-state index in [4.69, 9.17) is 21.8 Å².